The number of nitrogens with two attached hydrogens (primary N) is 1. The first kappa shape index (κ1) is 31.2. The van der Waals surface area contributed by atoms with E-state index < -0.39 is 13.9 Å². The first-order chi connectivity index (χ1) is 21.1. The van der Waals surface area contributed by atoms with Gasteiger partial charge in [-0.15, -0.1) is 0 Å². The molecule has 10 nitrogen and oxygen atoms in total. The highest BCUT2D eigenvalue weighted by Gasteiger charge is 2.24. The van der Waals surface area contributed by atoms with Gasteiger partial charge in [0.05, 0.1) is 18.3 Å². The van der Waals surface area contributed by atoms with Gasteiger partial charge in [0.1, 0.15) is 53.7 Å². The van der Waals surface area contributed by atoms with Crippen molar-refractivity contribution >= 4 is 19.6 Å². The van der Waals surface area contributed by atoms with Crippen LogP contribution in [0.25, 0.3) is 16.1 Å². The van der Waals surface area contributed by atoms with Gasteiger partial charge < -0.3 is 29.2 Å². The van der Waals surface area contributed by atoms with E-state index in [4.69, 9.17) is 36.4 Å². The highest BCUT2D eigenvalue weighted by Crippen LogP contribution is 2.39. The quantitative estimate of drug-likeness (QED) is 0.101. The van der Waals surface area contributed by atoms with Gasteiger partial charge in [0.25, 0.3) is 5.69 Å². The summed E-state index contributed by atoms with van der Waals surface area (Å²) in [7, 11) is -1.15. The fourth-order valence-corrected chi connectivity index (χ4v) is 5.68. The topological polar surface area (TPSA) is 103 Å². The van der Waals surface area contributed by atoms with Gasteiger partial charge in [-0.3, -0.25) is 4.68 Å². The Balaban J connectivity index is 1.22. The molecule has 1 aliphatic rings. The lowest BCUT2D eigenvalue weighted by Crippen LogP contribution is -2.22. The number of benzene rings is 2. The van der Waals surface area contributed by atoms with Gasteiger partial charge >= 0.3 is 0 Å². The Morgan fingerprint density at radius 3 is 2.52 bits per heavy atom. The third-order valence-electron chi connectivity index (χ3n) is 7.42. The van der Waals surface area contributed by atoms with Crippen LogP contribution in [0, 0.1) is 19.3 Å². The van der Waals surface area contributed by atoms with Gasteiger partial charge in [-0.05, 0) is 43.5 Å². The fraction of sp³-hybridized carbons (Fsp3) is 0.406. The monoisotopic (exact) mass is 618 g/mol. The first-order valence-corrected chi connectivity index (χ1v) is 18.5. The molecule has 2 aromatic heterocycles. The van der Waals surface area contributed by atoms with Gasteiger partial charge in [0.15, 0.2) is 0 Å². The summed E-state index contributed by atoms with van der Waals surface area (Å²) in [6, 6.07) is 12.6. The molecule has 232 valence electrons. The number of halogens is 1. The molecule has 1 saturated heterocycles. The maximum absolute atomic E-state index is 14.5. The van der Waals surface area contributed by atoms with E-state index in [1.54, 1.807) is 22.9 Å². The summed E-state index contributed by atoms with van der Waals surface area (Å²) in [5, 5.41) is 4.69. The molecular weight excluding hydrogens is 579 g/mol. The SMILES string of the molecule is [C-]#[N+]c1c(-c2ccc(Oc3cc(F)cc(OCc4cn(COCC[Si](C)(C)C)c(C)n4)c3)cc2)nn(C2CCOCC2)c1N. The molecular formula is C32H39FN6O4Si. The zero-order valence-corrected chi connectivity index (χ0v) is 26.7. The third kappa shape index (κ3) is 7.85. The highest BCUT2D eigenvalue weighted by molar-refractivity contribution is 6.76. The summed E-state index contributed by atoms with van der Waals surface area (Å²) in [5.74, 6) is 1.82. The molecule has 1 aliphatic heterocycles. The molecule has 12 heteroatoms. The first-order valence-electron chi connectivity index (χ1n) is 14.7. The molecule has 2 aromatic carbocycles. The van der Waals surface area contributed by atoms with Crippen LogP contribution in [0.4, 0.5) is 15.9 Å². The molecule has 5 rings (SSSR count). The van der Waals surface area contributed by atoms with Crippen LogP contribution in [0.2, 0.25) is 25.7 Å². The van der Waals surface area contributed by atoms with Crippen LogP contribution in [-0.2, 0) is 22.8 Å². The Labute approximate surface area is 258 Å². The molecule has 0 bridgehead atoms. The number of aromatic nitrogens is 4. The Morgan fingerprint density at radius 1 is 1.09 bits per heavy atom. The number of nitrogens with zero attached hydrogens (tertiary/aromatic N) is 5. The second-order valence-corrected chi connectivity index (χ2v) is 17.7. The minimum atomic E-state index is -1.15. The third-order valence-corrected chi connectivity index (χ3v) is 9.12. The molecule has 44 heavy (non-hydrogen) atoms. The van der Waals surface area contributed by atoms with Crippen LogP contribution in [-0.4, -0.2) is 47.2 Å². The van der Waals surface area contributed by atoms with Crippen molar-refractivity contribution in [2.75, 3.05) is 25.6 Å². The lowest BCUT2D eigenvalue weighted by molar-refractivity contribution is 0.0669. The predicted molar refractivity (Wildman–Crippen MR) is 169 cm³/mol. The van der Waals surface area contributed by atoms with Gasteiger partial charge in [-0.25, -0.2) is 14.2 Å². The number of rotatable bonds is 12. The molecule has 0 spiro atoms. The average Bonchev–Trinajstić information content (AvgIpc) is 3.52. The molecule has 0 aliphatic carbocycles. The van der Waals surface area contributed by atoms with Crippen molar-refractivity contribution in [3.63, 3.8) is 0 Å². The predicted octanol–water partition coefficient (Wildman–Crippen LogP) is 7.36. The lowest BCUT2D eigenvalue weighted by atomic mass is 10.1. The van der Waals surface area contributed by atoms with Crippen molar-refractivity contribution in [1.82, 2.24) is 19.3 Å². The zero-order chi connectivity index (χ0) is 31.3. The summed E-state index contributed by atoms with van der Waals surface area (Å²) < 4.78 is 41.3. The van der Waals surface area contributed by atoms with Crippen molar-refractivity contribution in [3.05, 3.63) is 77.4 Å². The number of imidazole rings is 1. The smallest absolute Gasteiger partial charge is 0.254 e. The molecule has 0 atom stereocenters. The standard InChI is InChI=1S/C32H39FN6O4Si/c1-22-36-25(19-38(22)21-41-14-15-44(3,4)5)20-42-28-16-24(33)17-29(18-28)43-27-8-6-23(7-9-27)30-31(35-2)32(34)39(37-30)26-10-12-40-13-11-26/h6-9,16-19,26H,10-15,20-21,34H2,1,3-5H3. The summed E-state index contributed by atoms with van der Waals surface area (Å²) in [6.07, 6.45) is 3.49. The molecule has 1 fully saturated rings. The van der Waals surface area contributed by atoms with Crippen LogP contribution in [0.15, 0.2) is 48.7 Å². The van der Waals surface area contributed by atoms with Crippen molar-refractivity contribution in [2.24, 2.45) is 0 Å². The van der Waals surface area contributed by atoms with E-state index in [9.17, 15) is 4.39 Å². The molecule has 4 aromatic rings. The molecule has 0 radical (unpaired) electrons. The van der Waals surface area contributed by atoms with Crippen LogP contribution < -0.4 is 15.2 Å². The number of anilines is 1. The van der Waals surface area contributed by atoms with E-state index in [0.29, 0.717) is 54.4 Å². The number of aryl methyl sites for hydroxylation is 1. The molecule has 0 unspecified atom stereocenters. The van der Waals surface area contributed by atoms with Crippen LogP contribution in [0.5, 0.6) is 17.2 Å². The number of ether oxygens (including phenoxy) is 4. The van der Waals surface area contributed by atoms with Crippen molar-refractivity contribution in [3.8, 4) is 28.5 Å². The van der Waals surface area contributed by atoms with Gasteiger partial charge in [-0.2, -0.15) is 5.10 Å². The zero-order valence-electron chi connectivity index (χ0n) is 25.7. The van der Waals surface area contributed by atoms with Crippen LogP contribution >= 0.6 is 0 Å². The second-order valence-electron chi connectivity index (χ2n) is 12.1. The molecule has 0 amide bonds. The van der Waals surface area contributed by atoms with Gasteiger partial charge in [-0.1, -0.05) is 31.8 Å². The molecule has 0 saturated carbocycles. The minimum absolute atomic E-state index is 0.100. The summed E-state index contributed by atoms with van der Waals surface area (Å²) in [5.41, 5.74) is 8.62. The Kier molecular flexibility index (Phi) is 9.68. The van der Waals surface area contributed by atoms with Gasteiger partial charge in [0, 0.05) is 52.3 Å². The van der Waals surface area contributed by atoms with E-state index in [0.717, 1.165) is 42.6 Å². The lowest BCUT2D eigenvalue weighted by Gasteiger charge is -2.23. The Bertz CT molecular complexity index is 1620. The fourth-order valence-electron chi connectivity index (χ4n) is 4.92. The van der Waals surface area contributed by atoms with Crippen molar-refractivity contribution in [1.29, 1.82) is 0 Å². The number of hydrogen-bond donors (Lipinski definition) is 1. The van der Waals surface area contributed by atoms with E-state index >= 15 is 0 Å². The summed E-state index contributed by atoms with van der Waals surface area (Å²) >= 11 is 0. The largest absolute Gasteiger partial charge is 0.487 e. The van der Waals surface area contributed by atoms with E-state index in [-0.39, 0.29) is 12.6 Å². The average molecular weight is 619 g/mol. The second kappa shape index (κ2) is 13.6. The minimum Gasteiger partial charge on any atom is -0.487 e. The molecule has 3 heterocycles. The van der Waals surface area contributed by atoms with E-state index in [1.807, 2.05) is 29.8 Å². The van der Waals surface area contributed by atoms with E-state index in [2.05, 4.69) is 29.5 Å². The highest BCUT2D eigenvalue weighted by atomic mass is 28.3. The normalized spacial score (nSPS) is 14.0. The Morgan fingerprint density at radius 2 is 1.82 bits per heavy atom. The van der Waals surface area contributed by atoms with Crippen LogP contribution in [0.1, 0.15) is 30.4 Å². The number of nitrogen functional groups attached to an aromatic ring is 1. The van der Waals surface area contributed by atoms with Crippen molar-refractivity contribution in [2.45, 2.75) is 64.8 Å². The summed E-state index contributed by atoms with van der Waals surface area (Å²) in [6.45, 7) is 19.2. The molecule has 2 N–H and O–H groups in total. The summed E-state index contributed by atoms with van der Waals surface area (Å²) in [4.78, 5) is 8.20. The van der Waals surface area contributed by atoms with Crippen molar-refractivity contribution < 1.29 is 23.3 Å². The maximum Gasteiger partial charge on any atom is 0.254 e. The maximum atomic E-state index is 14.5. The van der Waals surface area contributed by atoms with Crippen LogP contribution in [0.3, 0.4) is 0 Å². The number of hydrogen-bond acceptors (Lipinski definition) is 7. The van der Waals surface area contributed by atoms with E-state index in [1.165, 1.54) is 12.1 Å². The van der Waals surface area contributed by atoms with Gasteiger partial charge in [0.2, 0.25) is 0 Å². The Hall–Kier alpha value is -4.18.